The van der Waals surface area contributed by atoms with Gasteiger partial charge < -0.3 is 10.1 Å². The van der Waals surface area contributed by atoms with Crippen molar-refractivity contribution in [3.05, 3.63) is 76.4 Å². The van der Waals surface area contributed by atoms with Crippen LogP contribution in [0.2, 0.25) is 0 Å². The Morgan fingerprint density at radius 3 is 2.85 bits per heavy atom. The lowest BCUT2D eigenvalue weighted by atomic mass is 10.1. The van der Waals surface area contributed by atoms with Crippen molar-refractivity contribution in [3.8, 4) is 11.4 Å². The van der Waals surface area contributed by atoms with Crippen LogP contribution in [0.25, 0.3) is 5.69 Å². The number of ether oxygens (including phenoxy) is 1. The van der Waals surface area contributed by atoms with Crippen LogP contribution >= 0.6 is 0 Å². The van der Waals surface area contributed by atoms with Gasteiger partial charge in [-0.1, -0.05) is 12.1 Å². The van der Waals surface area contributed by atoms with Gasteiger partial charge >= 0.3 is 0 Å². The topological polar surface area (TPSA) is 112 Å². The van der Waals surface area contributed by atoms with Crippen molar-refractivity contribution in [1.29, 1.82) is 0 Å². The molecule has 3 aromatic rings. The first-order valence-corrected chi connectivity index (χ1v) is 8.16. The summed E-state index contributed by atoms with van der Waals surface area (Å²) in [5, 5.41) is 17.9. The Morgan fingerprint density at radius 2 is 2.15 bits per heavy atom. The average molecular weight is 367 g/mol. The molecule has 138 valence electrons. The molecule has 0 saturated heterocycles. The maximum atomic E-state index is 12.3. The zero-order valence-corrected chi connectivity index (χ0v) is 14.5. The molecule has 1 aromatic heterocycles. The molecule has 0 aliphatic carbocycles. The molecule has 0 spiro atoms. The summed E-state index contributed by atoms with van der Waals surface area (Å²) in [6.07, 6.45) is 2.63. The molecule has 0 aliphatic heterocycles. The number of nitrogens with one attached hydrogen (secondary N) is 1. The summed E-state index contributed by atoms with van der Waals surface area (Å²) in [7, 11) is 0. The number of amides is 1. The van der Waals surface area contributed by atoms with Gasteiger partial charge in [0.2, 0.25) is 0 Å². The second kappa shape index (κ2) is 8.09. The first kappa shape index (κ1) is 18.1. The van der Waals surface area contributed by atoms with Crippen molar-refractivity contribution >= 4 is 11.6 Å². The van der Waals surface area contributed by atoms with E-state index in [0.717, 1.165) is 11.3 Å². The Labute approximate surface area is 154 Å². The molecule has 0 bridgehead atoms. The predicted molar refractivity (Wildman–Crippen MR) is 97.0 cm³/mol. The van der Waals surface area contributed by atoms with Gasteiger partial charge in [-0.25, -0.2) is 9.67 Å². The number of hydrogen-bond acceptors (Lipinski definition) is 6. The van der Waals surface area contributed by atoms with Crippen LogP contribution in [-0.2, 0) is 0 Å². The van der Waals surface area contributed by atoms with Crippen molar-refractivity contribution in [3.63, 3.8) is 0 Å². The molecule has 1 heterocycles. The number of aromatic nitrogens is 3. The van der Waals surface area contributed by atoms with Crippen LogP contribution in [-0.4, -0.2) is 38.7 Å². The van der Waals surface area contributed by atoms with Gasteiger partial charge in [0.1, 0.15) is 30.7 Å². The van der Waals surface area contributed by atoms with E-state index in [-0.39, 0.29) is 30.1 Å². The monoisotopic (exact) mass is 367 g/mol. The van der Waals surface area contributed by atoms with Crippen molar-refractivity contribution < 1.29 is 14.5 Å². The van der Waals surface area contributed by atoms with E-state index in [9.17, 15) is 14.9 Å². The standard InChI is InChI=1S/C18H17N5O4/c1-13-3-2-4-15(9-13)27-8-7-20-18(24)14-5-6-16(17(10-14)23(25)26)22-12-19-11-21-22/h2-6,9-12H,7-8H2,1H3,(H,20,24). The van der Waals surface area contributed by atoms with Crippen LogP contribution in [0.5, 0.6) is 5.75 Å². The van der Waals surface area contributed by atoms with Crippen molar-refractivity contribution in [1.82, 2.24) is 20.1 Å². The quantitative estimate of drug-likeness (QED) is 0.389. The lowest BCUT2D eigenvalue weighted by Gasteiger charge is -2.09. The Bertz CT molecular complexity index is 956. The number of carbonyl (C=O) groups excluding carboxylic acids is 1. The van der Waals surface area contributed by atoms with E-state index in [1.807, 2.05) is 31.2 Å². The molecule has 9 nitrogen and oxygen atoms in total. The highest BCUT2D eigenvalue weighted by atomic mass is 16.6. The van der Waals surface area contributed by atoms with Crippen LogP contribution in [0.1, 0.15) is 15.9 Å². The number of rotatable bonds is 7. The summed E-state index contributed by atoms with van der Waals surface area (Å²) in [6.45, 7) is 2.52. The van der Waals surface area contributed by atoms with E-state index in [4.69, 9.17) is 4.74 Å². The van der Waals surface area contributed by atoms with Gasteiger partial charge in [-0.2, -0.15) is 5.10 Å². The lowest BCUT2D eigenvalue weighted by molar-refractivity contribution is -0.384. The van der Waals surface area contributed by atoms with E-state index in [2.05, 4.69) is 15.4 Å². The molecule has 0 aliphatic rings. The van der Waals surface area contributed by atoms with Gasteiger partial charge in [0.25, 0.3) is 11.6 Å². The first-order chi connectivity index (χ1) is 13.0. The molecular formula is C18H17N5O4. The maximum absolute atomic E-state index is 12.3. The Morgan fingerprint density at radius 1 is 1.30 bits per heavy atom. The third-order valence-electron chi connectivity index (χ3n) is 3.75. The number of hydrogen-bond donors (Lipinski definition) is 1. The van der Waals surface area contributed by atoms with Crippen LogP contribution in [0.15, 0.2) is 55.1 Å². The first-order valence-electron chi connectivity index (χ1n) is 8.16. The Balaban J connectivity index is 1.63. The molecular weight excluding hydrogens is 350 g/mol. The number of nitro benzene ring substituents is 1. The number of nitro groups is 1. The highest BCUT2D eigenvalue weighted by Crippen LogP contribution is 2.23. The fourth-order valence-electron chi connectivity index (χ4n) is 2.48. The highest BCUT2D eigenvalue weighted by molar-refractivity contribution is 5.95. The van der Waals surface area contributed by atoms with E-state index >= 15 is 0 Å². The molecule has 0 radical (unpaired) electrons. The lowest BCUT2D eigenvalue weighted by Crippen LogP contribution is -2.28. The minimum atomic E-state index is -0.561. The minimum Gasteiger partial charge on any atom is -0.492 e. The summed E-state index contributed by atoms with van der Waals surface area (Å²) in [4.78, 5) is 26.8. The third kappa shape index (κ3) is 4.46. The van der Waals surface area contributed by atoms with E-state index < -0.39 is 10.8 Å². The van der Waals surface area contributed by atoms with Crippen molar-refractivity contribution in [2.45, 2.75) is 6.92 Å². The zero-order valence-electron chi connectivity index (χ0n) is 14.5. The largest absolute Gasteiger partial charge is 0.492 e. The van der Waals surface area contributed by atoms with Crippen molar-refractivity contribution in [2.75, 3.05) is 13.2 Å². The fraction of sp³-hybridized carbons (Fsp3) is 0.167. The van der Waals surface area contributed by atoms with Crippen LogP contribution in [0.4, 0.5) is 5.69 Å². The Hall–Kier alpha value is -3.75. The highest BCUT2D eigenvalue weighted by Gasteiger charge is 2.19. The summed E-state index contributed by atoms with van der Waals surface area (Å²) >= 11 is 0. The molecule has 9 heteroatoms. The molecule has 2 aromatic carbocycles. The Kier molecular flexibility index (Phi) is 5.41. The van der Waals surface area contributed by atoms with Gasteiger partial charge in [0.15, 0.2) is 0 Å². The van der Waals surface area contributed by atoms with Gasteiger partial charge in [0, 0.05) is 11.6 Å². The minimum absolute atomic E-state index is 0.182. The molecule has 1 N–H and O–H groups in total. The molecule has 0 saturated carbocycles. The van der Waals surface area contributed by atoms with Crippen LogP contribution in [0, 0.1) is 17.0 Å². The second-order valence-corrected chi connectivity index (χ2v) is 5.72. The number of carbonyl (C=O) groups is 1. The van der Waals surface area contributed by atoms with Gasteiger partial charge in [0.05, 0.1) is 11.5 Å². The second-order valence-electron chi connectivity index (χ2n) is 5.72. The summed E-state index contributed by atoms with van der Waals surface area (Å²) in [6, 6.07) is 11.8. The molecule has 27 heavy (non-hydrogen) atoms. The number of aryl methyl sites for hydroxylation is 1. The molecule has 0 atom stereocenters. The van der Waals surface area contributed by atoms with E-state index in [0.29, 0.717) is 0 Å². The van der Waals surface area contributed by atoms with E-state index in [1.54, 1.807) is 0 Å². The summed E-state index contributed by atoms with van der Waals surface area (Å²) in [5.74, 6) is 0.299. The van der Waals surface area contributed by atoms with Crippen LogP contribution in [0.3, 0.4) is 0 Å². The average Bonchev–Trinajstić information content (AvgIpc) is 3.19. The fourth-order valence-corrected chi connectivity index (χ4v) is 2.48. The molecule has 0 unspecified atom stereocenters. The normalized spacial score (nSPS) is 10.4. The van der Waals surface area contributed by atoms with Gasteiger partial charge in [-0.15, -0.1) is 0 Å². The molecule has 1 amide bonds. The molecule has 3 rings (SSSR count). The third-order valence-corrected chi connectivity index (χ3v) is 3.75. The predicted octanol–water partition coefficient (Wildman–Crippen LogP) is 2.29. The van der Waals surface area contributed by atoms with Gasteiger partial charge in [-0.05, 0) is 36.8 Å². The maximum Gasteiger partial charge on any atom is 0.295 e. The van der Waals surface area contributed by atoms with E-state index in [1.165, 1.54) is 35.5 Å². The summed E-state index contributed by atoms with van der Waals surface area (Å²) in [5.41, 5.74) is 1.26. The summed E-state index contributed by atoms with van der Waals surface area (Å²) < 4.78 is 6.83. The van der Waals surface area contributed by atoms with Crippen LogP contribution < -0.4 is 10.1 Å². The smallest absolute Gasteiger partial charge is 0.295 e. The number of nitrogens with zero attached hydrogens (tertiary/aromatic N) is 4. The molecule has 0 fully saturated rings. The zero-order chi connectivity index (χ0) is 19.2. The van der Waals surface area contributed by atoms with Crippen molar-refractivity contribution in [2.24, 2.45) is 0 Å². The van der Waals surface area contributed by atoms with Gasteiger partial charge in [-0.3, -0.25) is 14.9 Å². The number of benzene rings is 2. The SMILES string of the molecule is Cc1cccc(OCCNC(=O)c2ccc(-n3cncn3)c([N+](=O)[O-])c2)c1.